The Hall–Kier alpha value is -1.55. The molecule has 0 unspecified atom stereocenters. The number of aryl methyl sites for hydroxylation is 1. The first-order chi connectivity index (χ1) is 8.97. The van der Waals surface area contributed by atoms with E-state index in [1.54, 1.807) is 6.07 Å². The van der Waals surface area contributed by atoms with Crippen LogP contribution in [-0.4, -0.2) is 27.7 Å². The lowest BCUT2D eigenvalue weighted by Crippen LogP contribution is -2.63. The smallest absolute Gasteiger partial charge is 0.174 e. The molecule has 1 saturated carbocycles. The van der Waals surface area contributed by atoms with Crippen molar-refractivity contribution in [3.05, 3.63) is 23.3 Å². The number of Topliss-reactive ketones (excluding diaryl/α,β-unsaturated/α-hetero) is 1. The minimum atomic E-state index is -0.905. The Balaban J connectivity index is 2.06. The van der Waals surface area contributed by atoms with Crippen LogP contribution in [0, 0.1) is 0 Å². The zero-order chi connectivity index (χ0) is 13.4. The molecule has 1 aliphatic heterocycles. The van der Waals surface area contributed by atoms with E-state index in [0.29, 0.717) is 25.0 Å². The molecule has 1 heterocycles. The summed E-state index contributed by atoms with van der Waals surface area (Å²) in [7, 11) is 0. The molecule has 1 aromatic rings. The van der Waals surface area contributed by atoms with E-state index in [4.69, 9.17) is 4.74 Å². The molecule has 3 atom stereocenters. The Labute approximate surface area is 111 Å². The van der Waals surface area contributed by atoms with E-state index in [1.807, 2.05) is 13.0 Å². The van der Waals surface area contributed by atoms with E-state index in [-0.39, 0.29) is 11.5 Å². The highest BCUT2D eigenvalue weighted by Gasteiger charge is 2.65. The highest BCUT2D eigenvalue weighted by Crippen LogP contribution is 2.60. The van der Waals surface area contributed by atoms with E-state index >= 15 is 0 Å². The number of hydrogen-bond donors (Lipinski definition) is 2. The number of phenolic OH excluding ortho intramolecular Hbond substituents is 1. The van der Waals surface area contributed by atoms with E-state index < -0.39 is 17.1 Å². The van der Waals surface area contributed by atoms with Gasteiger partial charge in [-0.3, -0.25) is 4.79 Å². The maximum Gasteiger partial charge on any atom is 0.174 e. The number of aliphatic hydroxyl groups is 1. The van der Waals surface area contributed by atoms with Crippen molar-refractivity contribution in [2.75, 3.05) is 0 Å². The zero-order valence-corrected chi connectivity index (χ0v) is 10.8. The third kappa shape index (κ3) is 1.08. The minimum absolute atomic E-state index is 0.0237. The Morgan fingerprint density at radius 2 is 2.05 bits per heavy atom. The van der Waals surface area contributed by atoms with Crippen molar-refractivity contribution in [1.82, 2.24) is 0 Å². The molecule has 4 rings (SSSR count). The van der Waals surface area contributed by atoms with Gasteiger partial charge in [0.2, 0.25) is 0 Å². The van der Waals surface area contributed by atoms with Crippen LogP contribution in [-0.2, 0) is 16.6 Å². The quantitative estimate of drug-likeness (QED) is 0.741. The number of aromatic hydroxyl groups is 1. The van der Waals surface area contributed by atoms with Crippen LogP contribution in [0.2, 0.25) is 0 Å². The summed E-state index contributed by atoms with van der Waals surface area (Å²) in [6.45, 7) is 1.91. The van der Waals surface area contributed by atoms with E-state index in [9.17, 15) is 15.0 Å². The van der Waals surface area contributed by atoms with Crippen LogP contribution in [0.25, 0.3) is 0 Å². The van der Waals surface area contributed by atoms with E-state index in [2.05, 4.69) is 0 Å². The maximum absolute atomic E-state index is 12.2. The molecule has 1 aromatic carbocycles. The molecule has 0 bridgehead atoms. The fourth-order valence-electron chi connectivity index (χ4n) is 4.19. The number of hydrogen-bond acceptors (Lipinski definition) is 4. The van der Waals surface area contributed by atoms with E-state index in [1.165, 1.54) is 0 Å². The molecule has 19 heavy (non-hydrogen) atoms. The highest BCUT2D eigenvalue weighted by molar-refractivity contribution is 5.89. The first-order valence-electron chi connectivity index (χ1n) is 6.74. The zero-order valence-electron chi connectivity index (χ0n) is 10.8. The van der Waals surface area contributed by atoms with Gasteiger partial charge in [0.1, 0.15) is 0 Å². The molecule has 0 spiro atoms. The summed E-state index contributed by atoms with van der Waals surface area (Å²) in [4.78, 5) is 12.2. The second kappa shape index (κ2) is 3.12. The van der Waals surface area contributed by atoms with Gasteiger partial charge in [-0.2, -0.15) is 0 Å². The number of phenols is 1. The van der Waals surface area contributed by atoms with Crippen LogP contribution < -0.4 is 4.74 Å². The second-order valence-corrected chi connectivity index (χ2v) is 6.15. The largest absolute Gasteiger partial charge is 0.504 e. The normalized spacial score (nSPS) is 38.8. The van der Waals surface area contributed by atoms with Gasteiger partial charge in [-0.25, -0.2) is 0 Å². The Kier molecular flexibility index (Phi) is 1.86. The Morgan fingerprint density at radius 3 is 2.84 bits per heavy atom. The van der Waals surface area contributed by atoms with Crippen LogP contribution in [0.4, 0.5) is 0 Å². The number of ether oxygens (including phenoxy) is 1. The summed E-state index contributed by atoms with van der Waals surface area (Å²) in [5, 5.41) is 21.0. The molecule has 0 radical (unpaired) electrons. The standard InChI is InChI=1S/C15H16O4/c1-14-11-8-2-3-9(16)12(11)19-13(14)10(17)5-7-15(14,18)6-4-8/h2-3,13,16,18H,4-7H2,1H3/t13-,14-,15-/m0/s1. The van der Waals surface area contributed by atoms with Gasteiger partial charge in [-0.05, 0) is 37.8 Å². The molecule has 2 aliphatic carbocycles. The van der Waals surface area contributed by atoms with Crippen LogP contribution in [0.15, 0.2) is 12.1 Å². The van der Waals surface area contributed by atoms with Gasteiger partial charge in [0, 0.05) is 12.0 Å². The summed E-state index contributed by atoms with van der Waals surface area (Å²) in [6, 6.07) is 3.49. The molecule has 3 aliphatic rings. The molecule has 0 amide bonds. The van der Waals surface area contributed by atoms with Crippen molar-refractivity contribution >= 4 is 5.78 Å². The Bertz CT molecular complexity index is 608. The van der Waals surface area contributed by atoms with Crippen molar-refractivity contribution in [3.8, 4) is 11.5 Å². The van der Waals surface area contributed by atoms with Gasteiger partial charge in [0.25, 0.3) is 0 Å². The van der Waals surface area contributed by atoms with Crippen molar-refractivity contribution in [2.24, 2.45) is 0 Å². The summed E-state index contributed by atoms with van der Waals surface area (Å²) in [6.07, 6.45) is 1.58. The second-order valence-electron chi connectivity index (χ2n) is 6.15. The average Bonchev–Trinajstić information content (AvgIpc) is 2.71. The van der Waals surface area contributed by atoms with Crippen LogP contribution in [0.1, 0.15) is 37.3 Å². The van der Waals surface area contributed by atoms with Crippen LogP contribution in [0.5, 0.6) is 11.5 Å². The first kappa shape index (κ1) is 11.3. The SMILES string of the molecule is C[C@]12c3c4ccc(O)c3O[C@H]1C(=O)CC[C@@]2(O)CC4. The lowest BCUT2D eigenvalue weighted by Gasteiger charge is -2.51. The van der Waals surface area contributed by atoms with Crippen molar-refractivity contribution < 1.29 is 19.7 Å². The van der Waals surface area contributed by atoms with Crippen molar-refractivity contribution in [2.45, 2.75) is 49.7 Å². The first-order valence-corrected chi connectivity index (χ1v) is 6.74. The topological polar surface area (TPSA) is 66.8 Å². The number of carbonyl (C=O) groups excluding carboxylic acids is 1. The van der Waals surface area contributed by atoms with Crippen molar-refractivity contribution in [1.29, 1.82) is 0 Å². The number of carbonyl (C=O) groups is 1. The third-order valence-electron chi connectivity index (χ3n) is 5.35. The van der Waals surface area contributed by atoms with Gasteiger partial charge in [-0.15, -0.1) is 0 Å². The molecular weight excluding hydrogens is 244 g/mol. The van der Waals surface area contributed by atoms with Crippen LogP contribution in [0.3, 0.4) is 0 Å². The third-order valence-corrected chi connectivity index (χ3v) is 5.35. The maximum atomic E-state index is 12.2. The van der Waals surface area contributed by atoms with Gasteiger partial charge in [0.05, 0.1) is 11.0 Å². The molecule has 2 N–H and O–H groups in total. The van der Waals surface area contributed by atoms with E-state index in [0.717, 1.165) is 17.5 Å². The molecule has 0 saturated heterocycles. The molecule has 0 aromatic heterocycles. The summed E-state index contributed by atoms with van der Waals surface area (Å²) >= 11 is 0. The number of rotatable bonds is 0. The predicted molar refractivity (Wildman–Crippen MR) is 67.4 cm³/mol. The van der Waals surface area contributed by atoms with Gasteiger partial charge < -0.3 is 14.9 Å². The fourth-order valence-corrected chi connectivity index (χ4v) is 4.19. The lowest BCUT2D eigenvalue weighted by molar-refractivity contribution is -0.149. The van der Waals surface area contributed by atoms with Gasteiger partial charge >= 0.3 is 0 Å². The monoisotopic (exact) mass is 260 g/mol. The van der Waals surface area contributed by atoms with Crippen molar-refractivity contribution in [3.63, 3.8) is 0 Å². The molecule has 1 fully saturated rings. The van der Waals surface area contributed by atoms with Gasteiger partial charge in [0.15, 0.2) is 23.4 Å². The number of benzene rings is 1. The predicted octanol–water partition coefficient (Wildman–Crippen LogP) is 1.45. The molecule has 4 heteroatoms. The number of ketones is 1. The lowest BCUT2D eigenvalue weighted by atomic mass is 9.55. The summed E-state index contributed by atoms with van der Waals surface area (Å²) in [5.74, 6) is 0.487. The van der Waals surface area contributed by atoms with Gasteiger partial charge in [-0.1, -0.05) is 6.07 Å². The molecule has 4 nitrogen and oxygen atoms in total. The fraction of sp³-hybridized carbons (Fsp3) is 0.533. The summed E-state index contributed by atoms with van der Waals surface area (Å²) in [5.41, 5.74) is 0.304. The molecular formula is C15H16O4. The molecule has 100 valence electrons. The minimum Gasteiger partial charge on any atom is -0.504 e. The summed E-state index contributed by atoms with van der Waals surface area (Å²) < 4.78 is 5.75. The highest BCUT2D eigenvalue weighted by atomic mass is 16.5. The average molecular weight is 260 g/mol. The van der Waals surface area contributed by atoms with Crippen LogP contribution >= 0.6 is 0 Å². The Morgan fingerprint density at radius 1 is 1.32 bits per heavy atom.